The smallest absolute Gasteiger partial charge is 0.254 e. The number of ether oxygens (including phenoxy) is 1. The molecule has 0 radical (unpaired) electrons. The van der Waals surface area contributed by atoms with Crippen LogP contribution >= 0.6 is 0 Å². The Hall–Kier alpha value is -2.67. The van der Waals surface area contributed by atoms with Crippen molar-refractivity contribution in [2.24, 2.45) is 0 Å². The fourth-order valence-electron chi connectivity index (χ4n) is 3.06. The van der Waals surface area contributed by atoms with Crippen LogP contribution in [0.25, 0.3) is 0 Å². The predicted octanol–water partition coefficient (Wildman–Crippen LogP) is 1.47. The van der Waals surface area contributed by atoms with Crippen LogP contribution in [0.2, 0.25) is 0 Å². The summed E-state index contributed by atoms with van der Waals surface area (Å²) in [6, 6.07) is 6.79. The van der Waals surface area contributed by atoms with Gasteiger partial charge in [0.25, 0.3) is 11.8 Å². The highest BCUT2D eigenvalue weighted by Crippen LogP contribution is 2.11. The Labute approximate surface area is 152 Å². The minimum atomic E-state index is -0.144. The van der Waals surface area contributed by atoms with Gasteiger partial charge in [0, 0.05) is 36.5 Å². The van der Waals surface area contributed by atoms with E-state index >= 15 is 0 Å². The van der Waals surface area contributed by atoms with E-state index in [1.165, 1.54) is 0 Å². The summed E-state index contributed by atoms with van der Waals surface area (Å²) in [5, 5.41) is 10.0. The molecule has 1 aromatic carbocycles. The number of amides is 2. The fourth-order valence-corrected chi connectivity index (χ4v) is 3.06. The molecule has 7 nitrogen and oxygen atoms in total. The largest absolute Gasteiger partial charge is 0.378 e. The molecule has 1 fully saturated rings. The SMILES string of the molecule is Cc1n[nH]c(C)c1CCNC(=O)c1ccc(C(=O)N2CCOCC2)cc1. The van der Waals surface area contributed by atoms with E-state index in [-0.39, 0.29) is 11.8 Å². The van der Waals surface area contributed by atoms with Crippen LogP contribution in [0.5, 0.6) is 0 Å². The third kappa shape index (κ3) is 4.11. The van der Waals surface area contributed by atoms with Gasteiger partial charge in [-0.25, -0.2) is 0 Å². The van der Waals surface area contributed by atoms with Crippen molar-refractivity contribution in [3.05, 3.63) is 52.3 Å². The van der Waals surface area contributed by atoms with Gasteiger partial charge in [0.15, 0.2) is 0 Å². The summed E-state index contributed by atoms with van der Waals surface area (Å²) < 4.78 is 5.26. The van der Waals surface area contributed by atoms with Crippen LogP contribution in [-0.4, -0.2) is 59.8 Å². The average Bonchev–Trinajstić information content (AvgIpc) is 3.00. The lowest BCUT2D eigenvalue weighted by Gasteiger charge is -2.26. The van der Waals surface area contributed by atoms with E-state index in [9.17, 15) is 9.59 Å². The fraction of sp³-hybridized carbons (Fsp3) is 0.421. The van der Waals surface area contributed by atoms with Gasteiger partial charge in [-0.05, 0) is 50.1 Å². The monoisotopic (exact) mass is 356 g/mol. The van der Waals surface area contributed by atoms with E-state index < -0.39 is 0 Å². The number of nitrogens with zero attached hydrogens (tertiary/aromatic N) is 2. The number of rotatable bonds is 5. The highest BCUT2D eigenvalue weighted by molar-refractivity contribution is 5.97. The molecule has 1 aliphatic rings. The maximum Gasteiger partial charge on any atom is 0.254 e. The number of aryl methyl sites for hydroxylation is 2. The van der Waals surface area contributed by atoms with E-state index in [0.717, 1.165) is 23.4 Å². The zero-order chi connectivity index (χ0) is 18.5. The van der Waals surface area contributed by atoms with Gasteiger partial charge in [-0.2, -0.15) is 5.10 Å². The summed E-state index contributed by atoms with van der Waals surface area (Å²) in [4.78, 5) is 26.5. The van der Waals surface area contributed by atoms with Crippen molar-refractivity contribution in [1.82, 2.24) is 20.4 Å². The lowest BCUT2D eigenvalue weighted by molar-refractivity contribution is 0.0303. The van der Waals surface area contributed by atoms with Crippen LogP contribution in [0.4, 0.5) is 0 Å². The minimum Gasteiger partial charge on any atom is -0.378 e. The maximum atomic E-state index is 12.4. The summed E-state index contributed by atoms with van der Waals surface area (Å²) in [5.41, 5.74) is 4.26. The molecule has 7 heteroatoms. The van der Waals surface area contributed by atoms with Crippen molar-refractivity contribution in [3.8, 4) is 0 Å². The second-order valence-corrected chi connectivity index (χ2v) is 6.40. The third-order valence-electron chi connectivity index (χ3n) is 4.63. The van der Waals surface area contributed by atoms with Crippen molar-refractivity contribution in [3.63, 3.8) is 0 Å². The molecule has 2 N–H and O–H groups in total. The van der Waals surface area contributed by atoms with Gasteiger partial charge in [-0.15, -0.1) is 0 Å². The van der Waals surface area contributed by atoms with Crippen LogP contribution in [0, 0.1) is 13.8 Å². The number of hydrogen-bond acceptors (Lipinski definition) is 4. The molecular formula is C19H24N4O3. The molecule has 0 bridgehead atoms. The van der Waals surface area contributed by atoms with Gasteiger partial charge in [0.1, 0.15) is 0 Å². The number of aromatic nitrogens is 2. The second-order valence-electron chi connectivity index (χ2n) is 6.40. The summed E-state index contributed by atoms with van der Waals surface area (Å²) in [6.45, 7) is 6.81. The molecule has 1 saturated heterocycles. The highest BCUT2D eigenvalue weighted by Gasteiger charge is 2.18. The number of hydrogen-bond donors (Lipinski definition) is 2. The zero-order valence-electron chi connectivity index (χ0n) is 15.2. The molecule has 0 spiro atoms. The number of H-pyrrole nitrogens is 1. The van der Waals surface area contributed by atoms with Crippen LogP contribution in [0.1, 0.15) is 37.7 Å². The third-order valence-corrected chi connectivity index (χ3v) is 4.63. The molecule has 26 heavy (non-hydrogen) atoms. The molecular weight excluding hydrogens is 332 g/mol. The Bertz CT molecular complexity index is 757. The molecule has 1 aromatic heterocycles. The van der Waals surface area contributed by atoms with Gasteiger partial charge in [0.05, 0.1) is 18.9 Å². The zero-order valence-corrected chi connectivity index (χ0v) is 15.2. The van der Waals surface area contributed by atoms with Gasteiger partial charge in [-0.3, -0.25) is 14.7 Å². The number of nitrogens with one attached hydrogen (secondary N) is 2. The van der Waals surface area contributed by atoms with Crippen LogP contribution < -0.4 is 5.32 Å². The first-order valence-corrected chi connectivity index (χ1v) is 8.82. The quantitative estimate of drug-likeness (QED) is 0.849. The summed E-state index contributed by atoms with van der Waals surface area (Å²) in [6.07, 6.45) is 0.730. The second kappa shape index (κ2) is 8.14. The Kier molecular flexibility index (Phi) is 5.68. The average molecular weight is 356 g/mol. The number of aromatic amines is 1. The van der Waals surface area contributed by atoms with Crippen LogP contribution in [0.3, 0.4) is 0 Å². The van der Waals surface area contributed by atoms with Gasteiger partial charge >= 0.3 is 0 Å². The molecule has 1 aliphatic heterocycles. The number of carbonyl (C=O) groups excluding carboxylic acids is 2. The number of carbonyl (C=O) groups is 2. The van der Waals surface area contributed by atoms with E-state index in [1.54, 1.807) is 29.2 Å². The Morgan fingerprint density at radius 2 is 1.81 bits per heavy atom. The molecule has 2 aromatic rings. The van der Waals surface area contributed by atoms with Crippen molar-refractivity contribution in [2.45, 2.75) is 20.3 Å². The maximum absolute atomic E-state index is 12.4. The number of benzene rings is 1. The van der Waals surface area contributed by atoms with E-state index in [1.807, 2.05) is 13.8 Å². The van der Waals surface area contributed by atoms with Gasteiger partial charge in [0.2, 0.25) is 0 Å². The highest BCUT2D eigenvalue weighted by atomic mass is 16.5. The van der Waals surface area contributed by atoms with Gasteiger partial charge in [-0.1, -0.05) is 0 Å². The predicted molar refractivity (Wildman–Crippen MR) is 97.3 cm³/mol. The minimum absolute atomic E-state index is 0.0221. The van der Waals surface area contributed by atoms with Crippen molar-refractivity contribution in [1.29, 1.82) is 0 Å². The Morgan fingerprint density at radius 1 is 1.15 bits per heavy atom. The topological polar surface area (TPSA) is 87.3 Å². The first-order chi connectivity index (χ1) is 12.6. The molecule has 2 amide bonds. The molecule has 3 rings (SSSR count). The standard InChI is InChI=1S/C19H24N4O3/c1-13-17(14(2)22-21-13)7-8-20-18(24)15-3-5-16(6-4-15)19(25)23-9-11-26-12-10-23/h3-6H,7-12H2,1-2H3,(H,20,24)(H,21,22). The van der Waals surface area contributed by atoms with E-state index in [4.69, 9.17) is 4.74 Å². The van der Waals surface area contributed by atoms with Crippen molar-refractivity contribution in [2.75, 3.05) is 32.8 Å². The Morgan fingerprint density at radius 3 is 2.42 bits per heavy atom. The van der Waals surface area contributed by atoms with Gasteiger partial charge < -0.3 is 15.0 Å². The normalized spacial score (nSPS) is 14.3. The summed E-state index contributed by atoms with van der Waals surface area (Å²) in [5.74, 6) is -0.166. The molecule has 0 saturated carbocycles. The van der Waals surface area contributed by atoms with E-state index in [2.05, 4.69) is 15.5 Å². The molecule has 0 aliphatic carbocycles. The Balaban J connectivity index is 1.54. The van der Waals surface area contributed by atoms with E-state index in [0.29, 0.717) is 44.0 Å². The van der Waals surface area contributed by atoms with Crippen LogP contribution in [0.15, 0.2) is 24.3 Å². The summed E-state index contributed by atoms with van der Waals surface area (Å²) in [7, 11) is 0. The lowest BCUT2D eigenvalue weighted by Crippen LogP contribution is -2.40. The molecule has 2 heterocycles. The first-order valence-electron chi connectivity index (χ1n) is 8.82. The molecule has 138 valence electrons. The molecule has 0 unspecified atom stereocenters. The first kappa shape index (κ1) is 18.1. The lowest BCUT2D eigenvalue weighted by atomic mass is 10.1. The summed E-state index contributed by atoms with van der Waals surface area (Å²) >= 11 is 0. The number of morpholine rings is 1. The molecule has 0 atom stereocenters. The van der Waals surface area contributed by atoms with Crippen molar-refractivity contribution < 1.29 is 14.3 Å². The van der Waals surface area contributed by atoms with Crippen molar-refractivity contribution >= 4 is 11.8 Å². The van der Waals surface area contributed by atoms with Crippen LogP contribution in [-0.2, 0) is 11.2 Å².